The number of hydrogen-bond acceptors (Lipinski definition) is 5. The van der Waals surface area contributed by atoms with Gasteiger partial charge in [-0.05, 0) is 19.8 Å². The van der Waals surface area contributed by atoms with Crippen LogP contribution in [0.3, 0.4) is 0 Å². The Bertz CT molecular complexity index is 446. The minimum absolute atomic E-state index is 0.0569. The molecule has 1 aliphatic rings. The molecule has 5 nitrogen and oxygen atoms in total. The van der Waals surface area contributed by atoms with Gasteiger partial charge in [0.25, 0.3) is 0 Å². The first-order chi connectivity index (χ1) is 8.88. The fourth-order valence-corrected chi connectivity index (χ4v) is 2.89. The number of anilines is 1. The number of carbonyl (C=O) groups is 1. The molecule has 0 aliphatic carbocycles. The number of carbonyl (C=O) groups excluding carboxylic acids is 1. The maximum absolute atomic E-state index is 12.2. The minimum Gasteiger partial charge on any atom is -0.349 e. The molecule has 19 heavy (non-hydrogen) atoms. The SMILES string of the molecule is CC(Nc1nc(C(C)(C)C)ns1)C(=O)N1CCCC1. The third-order valence-electron chi connectivity index (χ3n) is 3.22. The van der Waals surface area contributed by atoms with Crippen LogP contribution in [0.15, 0.2) is 0 Å². The maximum Gasteiger partial charge on any atom is 0.244 e. The summed E-state index contributed by atoms with van der Waals surface area (Å²) in [5.41, 5.74) is -0.0569. The van der Waals surface area contributed by atoms with Crippen LogP contribution in [0.2, 0.25) is 0 Å². The van der Waals surface area contributed by atoms with E-state index in [-0.39, 0.29) is 17.4 Å². The number of nitrogens with zero attached hydrogens (tertiary/aromatic N) is 3. The molecule has 1 aliphatic heterocycles. The highest BCUT2D eigenvalue weighted by molar-refractivity contribution is 7.09. The smallest absolute Gasteiger partial charge is 0.244 e. The summed E-state index contributed by atoms with van der Waals surface area (Å²) >= 11 is 1.32. The van der Waals surface area contributed by atoms with E-state index in [1.807, 2.05) is 11.8 Å². The van der Waals surface area contributed by atoms with Crippen molar-refractivity contribution < 1.29 is 4.79 Å². The molecule has 1 saturated heterocycles. The molecule has 2 rings (SSSR count). The van der Waals surface area contributed by atoms with Gasteiger partial charge in [0.05, 0.1) is 0 Å². The lowest BCUT2D eigenvalue weighted by molar-refractivity contribution is -0.130. The lowest BCUT2D eigenvalue weighted by atomic mass is 9.96. The first-order valence-corrected chi connectivity index (χ1v) is 7.55. The highest BCUT2D eigenvalue weighted by Crippen LogP contribution is 2.23. The van der Waals surface area contributed by atoms with Crippen LogP contribution in [0.4, 0.5) is 5.13 Å². The van der Waals surface area contributed by atoms with Crippen molar-refractivity contribution in [3.63, 3.8) is 0 Å². The third kappa shape index (κ3) is 3.43. The van der Waals surface area contributed by atoms with E-state index in [1.165, 1.54) is 11.5 Å². The molecule has 106 valence electrons. The maximum atomic E-state index is 12.2. The number of hydrogen-bond donors (Lipinski definition) is 1. The highest BCUT2D eigenvalue weighted by Gasteiger charge is 2.25. The van der Waals surface area contributed by atoms with E-state index in [1.54, 1.807) is 0 Å². The summed E-state index contributed by atoms with van der Waals surface area (Å²) in [6.45, 7) is 9.90. The van der Waals surface area contributed by atoms with Crippen LogP contribution < -0.4 is 5.32 Å². The zero-order valence-corrected chi connectivity index (χ0v) is 12.9. The second kappa shape index (κ2) is 5.45. The normalized spacial score (nSPS) is 17.6. The van der Waals surface area contributed by atoms with Gasteiger partial charge in [-0.15, -0.1) is 0 Å². The van der Waals surface area contributed by atoms with E-state index < -0.39 is 0 Å². The van der Waals surface area contributed by atoms with Crippen LogP contribution in [0.1, 0.15) is 46.4 Å². The van der Waals surface area contributed by atoms with Crippen LogP contribution in [-0.2, 0) is 10.2 Å². The van der Waals surface area contributed by atoms with E-state index in [4.69, 9.17) is 0 Å². The van der Waals surface area contributed by atoms with Crippen LogP contribution in [0.5, 0.6) is 0 Å². The molecule has 1 unspecified atom stereocenters. The summed E-state index contributed by atoms with van der Waals surface area (Å²) in [7, 11) is 0. The predicted octanol–water partition coefficient (Wildman–Crippen LogP) is 2.26. The summed E-state index contributed by atoms with van der Waals surface area (Å²) in [6, 6.07) is -0.237. The molecule has 1 atom stereocenters. The molecule has 0 aromatic carbocycles. The molecule has 1 fully saturated rings. The fourth-order valence-electron chi connectivity index (χ4n) is 2.05. The van der Waals surface area contributed by atoms with Gasteiger partial charge in [0, 0.05) is 30.0 Å². The lowest BCUT2D eigenvalue weighted by Crippen LogP contribution is -2.39. The summed E-state index contributed by atoms with van der Waals surface area (Å²) < 4.78 is 4.34. The molecule has 0 bridgehead atoms. The van der Waals surface area contributed by atoms with Crippen molar-refractivity contribution >= 4 is 22.6 Å². The Hall–Kier alpha value is -1.17. The number of aromatic nitrogens is 2. The Morgan fingerprint density at radius 3 is 2.53 bits per heavy atom. The van der Waals surface area contributed by atoms with Crippen LogP contribution in [0, 0.1) is 0 Å². The molecule has 0 spiro atoms. The van der Waals surface area contributed by atoms with Crippen molar-refractivity contribution in [3.05, 3.63) is 5.82 Å². The van der Waals surface area contributed by atoms with Gasteiger partial charge in [-0.25, -0.2) is 4.98 Å². The highest BCUT2D eigenvalue weighted by atomic mass is 32.1. The number of nitrogens with one attached hydrogen (secondary N) is 1. The Morgan fingerprint density at radius 1 is 1.37 bits per heavy atom. The third-order valence-corrected chi connectivity index (χ3v) is 3.87. The average molecular weight is 282 g/mol. The standard InChI is InChI=1S/C13H22N4OS/c1-9(10(18)17-7-5-6-8-17)14-12-15-11(16-19-12)13(2,3)4/h9H,5-8H2,1-4H3,(H,14,15,16). The Labute approximate surface area is 118 Å². The average Bonchev–Trinajstić information content (AvgIpc) is 2.97. The molecule has 1 aromatic rings. The van der Waals surface area contributed by atoms with E-state index in [2.05, 4.69) is 35.4 Å². The van der Waals surface area contributed by atoms with Crippen molar-refractivity contribution in [3.8, 4) is 0 Å². The molecular formula is C13H22N4OS. The number of amides is 1. The molecule has 1 amide bonds. The second-order valence-electron chi connectivity index (χ2n) is 6.07. The van der Waals surface area contributed by atoms with Crippen LogP contribution in [-0.4, -0.2) is 39.3 Å². The summed E-state index contributed by atoms with van der Waals surface area (Å²) in [6.07, 6.45) is 2.23. The number of rotatable bonds is 3. The molecule has 6 heteroatoms. The van der Waals surface area contributed by atoms with Crippen molar-refractivity contribution in [2.45, 2.75) is 52.0 Å². The van der Waals surface area contributed by atoms with Crippen LogP contribution >= 0.6 is 11.5 Å². The van der Waals surface area contributed by atoms with E-state index in [0.29, 0.717) is 0 Å². The summed E-state index contributed by atoms with van der Waals surface area (Å²) in [5.74, 6) is 0.978. The van der Waals surface area contributed by atoms with Gasteiger partial charge in [0.2, 0.25) is 11.0 Å². The van der Waals surface area contributed by atoms with Gasteiger partial charge in [0.15, 0.2) is 0 Å². The summed E-state index contributed by atoms with van der Waals surface area (Å²) in [4.78, 5) is 18.5. The van der Waals surface area contributed by atoms with E-state index in [9.17, 15) is 4.79 Å². The van der Waals surface area contributed by atoms with Crippen LogP contribution in [0.25, 0.3) is 0 Å². The predicted molar refractivity (Wildman–Crippen MR) is 77.5 cm³/mol. The largest absolute Gasteiger partial charge is 0.349 e. The molecular weight excluding hydrogens is 260 g/mol. The van der Waals surface area contributed by atoms with Gasteiger partial charge in [-0.1, -0.05) is 20.8 Å². The first-order valence-electron chi connectivity index (χ1n) is 6.77. The van der Waals surface area contributed by atoms with Crippen molar-refractivity contribution in [2.24, 2.45) is 0 Å². The quantitative estimate of drug-likeness (QED) is 0.924. The second-order valence-corrected chi connectivity index (χ2v) is 6.82. The first kappa shape index (κ1) is 14.2. The topological polar surface area (TPSA) is 58.1 Å². The monoisotopic (exact) mass is 282 g/mol. The Kier molecular flexibility index (Phi) is 4.08. The number of likely N-dealkylation sites (tertiary alicyclic amines) is 1. The fraction of sp³-hybridized carbons (Fsp3) is 0.769. The molecule has 2 heterocycles. The van der Waals surface area contributed by atoms with Gasteiger partial charge in [-0.3, -0.25) is 4.79 Å². The summed E-state index contributed by atoms with van der Waals surface area (Å²) in [5, 5.41) is 3.89. The molecule has 0 saturated carbocycles. The van der Waals surface area contributed by atoms with Crippen molar-refractivity contribution in [1.82, 2.24) is 14.3 Å². The Balaban J connectivity index is 1.96. The van der Waals surface area contributed by atoms with Gasteiger partial charge in [0.1, 0.15) is 11.9 Å². The molecule has 1 N–H and O–H groups in total. The van der Waals surface area contributed by atoms with E-state index >= 15 is 0 Å². The van der Waals surface area contributed by atoms with E-state index in [0.717, 1.165) is 36.9 Å². The van der Waals surface area contributed by atoms with Gasteiger partial charge in [-0.2, -0.15) is 4.37 Å². The van der Waals surface area contributed by atoms with Crippen molar-refractivity contribution in [2.75, 3.05) is 18.4 Å². The zero-order valence-electron chi connectivity index (χ0n) is 12.1. The zero-order chi connectivity index (χ0) is 14.0. The van der Waals surface area contributed by atoms with Gasteiger partial charge >= 0.3 is 0 Å². The molecule has 1 aromatic heterocycles. The lowest BCUT2D eigenvalue weighted by Gasteiger charge is -2.20. The minimum atomic E-state index is -0.237. The Morgan fingerprint density at radius 2 is 2.00 bits per heavy atom. The van der Waals surface area contributed by atoms with Crippen molar-refractivity contribution in [1.29, 1.82) is 0 Å². The van der Waals surface area contributed by atoms with Gasteiger partial charge < -0.3 is 10.2 Å². The molecule has 0 radical (unpaired) electrons.